The molecule has 2 aromatic heterocycles. The van der Waals surface area contributed by atoms with Gasteiger partial charge in [0.1, 0.15) is 11.0 Å². The van der Waals surface area contributed by atoms with E-state index in [0.29, 0.717) is 0 Å². The van der Waals surface area contributed by atoms with Crippen molar-refractivity contribution < 1.29 is 0 Å². The van der Waals surface area contributed by atoms with Gasteiger partial charge in [-0.2, -0.15) is 0 Å². The molecule has 5 nitrogen and oxygen atoms in total. The zero-order valence-electron chi connectivity index (χ0n) is 17.9. The SMILES string of the molecule is Cc1c(C)c(C)c(-n2nc3cc4c(C)c(C)c(=O)n(C)c4cc3n2)c(C)c1C. The fourth-order valence-corrected chi connectivity index (χ4v) is 4.13. The first-order chi connectivity index (χ1) is 13.1. The van der Waals surface area contributed by atoms with Crippen LogP contribution in [-0.2, 0) is 7.05 Å². The lowest BCUT2D eigenvalue weighted by molar-refractivity contribution is 0.751. The summed E-state index contributed by atoms with van der Waals surface area (Å²) in [5.74, 6) is 0. The molecule has 2 aromatic carbocycles. The van der Waals surface area contributed by atoms with Crippen LogP contribution in [0.5, 0.6) is 0 Å². The van der Waals surface area contributed by atoms with Gasteiger partial charge in [-0.25, -0.2) is 0 Å². The van der Waals surface area contributed by atoms with Crippen molar-refractivity contribution in [2.75, 3.05) is 0 Å². The van der Waals surface area contributed by atoms with Gasteiger partial charge in [0.2, 0.25) is 0 Å². The number of hydrogen-bond donors (Lipinski definition) is 0. The Morgan fingerprint density at radius 1 is 0.679 bits per heavy atom. The van der Waals surface area contributed by atoms with Crippen LogP contribution in [0.2, 0.25) is 0 Å². The van der Waals surface area contributed by atoms with E-state index in [9.17, 15) is 4.79 Å². The first-order valence-electron chi connectivity index (χ1n) is 9.57. The molecule has 0 bridgehead atoms. The Morgan fingerprint density at radius 3 is 1.75 bits per heavy atom. The molecule has 0 radical (unpaired) electrons. The monoisotopic (exact) mass is 374 g/mol. The highest BCUT2D eigenvalue weighted by molar-refractivity contribution is 5.95. The van der Waals surface area contributed by atoms with Crippen molar-refractivity contribution in [2.24, 2.45) is 7.05 Å². The number of benzene rings is 2. The summed E-state index contributed by atoms with van der Waals surface area (Å²) in [5.41, 5.74) is 11.6. The number of nitrogens with zero attached hydrogens (tertiary/aromatic N) is 4. The Bertz CT molecular complexity index is 1330. The van der Waals surface area contributed by atoms with Gasteiger partial charge < -0.3 is 4.57 Å². The average Bonchev–Trinajstić information content (AvgIpc) is 3.09. The smallest absolute Gasteiger partial charge is 0.253 e. The highest BCUT2D eigenvalue weighted by atomic mass is 16.1. The van der Waals surface area contributed by atoms with E-state index < -0.39 is 0 Å². The summed E-state index contributed by atoms with van der Waals surface area (Å²) in [5, 5.41) is 10.6. The van der Waals surface area contributed by atoms with E-state index in [2.05, 4.69) is 40.7 Å². The highest BCUT2D eigenvalue weighted by Gasteiger charge is 2.17. The summed E-state index contributed by atoms with van der Waals surface area (Å²) in [6.45, 7) is 14.6. The lowest BCUT2D eigenvalue weighted by Gasteiger charge is -2.17. The normalized spacial score (nSPS) is 11.7. The number of aromatic nitrogens is 4. The standard InChI is InChI=1S/C23H26N4O/c1-11-12(2)15(5)22(16(6)13(11)3)27-24-19-9-18-14(4)17(7)23(28)26(8)21(18)10-20(19)25-27/h9-10H,1-8H3. The van der Waals surface area contributed by atoms with Crippen LogP contribution in [0.25, 0.3) is 27.6 Å². The predicted octanol–water partition coefficient (Wildman–Crippen LogP) is 4.43. The molecular weight excluding hydrogens is 348 g/mol. The van der Waals surface area contributed by atoms with Crippen molar-refractivity contribution in [3.63, 3.8) is 0 Å². The van der Waals surface area contributed by atoms with Crippen LogP contribution in [0.4, 0.5) is 0 Å². The van der Waals surface area contributed by atoms with Crippen molar-refractivity contribution in [1.29, 1.82) is 0 Å². The molecule has 0 fully saturated rings. The molecule has 0 amide bonds. The molecule has 0 spiro atoms. The Morgan fingerprint density at radius 2 is 1.18 bits per heavy atom. The molecule has 0 aliphatic rings. The fourth-order valence-electron chi connectivity index (χ4n) is 4.13. The van der Waals surface area contributed by atoms with Crippen LogP contribution in [0.1, 0.15) is 38.9 Å². The topological polar surface area (TPSA) is 52.7 Å². The highest BCUT2D eigenvalue weighted by Crippen LogP contribution is 2.30. The van der Waals surface area contributed by atoms with Crippen LogP contribution >= 0.6 is 0 Å². The second-order valence-electron chi connectivity index (χ2n) is 7.94. The van der Waals surface area contributed by atoms with Gasteiger partial charge in [0, 0.05) is 18.0 Å². The zero-order valence-corrected chi connectivity index (χ0v) is 17.9. The van der Waals surface area contributed by atoms with E-state index in [0.717, 1.165) is 38.8 Å². The molecule has 0 aliphatic heterocycles. The van der Waals surface area contributed by atoms with Crippen LogP contribution in [0.3, 0.4) is 0 Å². The molecule has 0 unspecified atom stereocenters. The molecule has 5 heteroatoms. The van der Waals surface area contributed by atoms with Crippen LogP contribution in [0, 0.1) is 48.5 Å². The average molecular weight is 374 g/mol. The second kappa shape index (κ2) is 6.03. The quantitative estimate of drug-likeness (QED) is 0.495. The molecule has 0 aliphatic carbocycles. The molecule has 0 saturated carbocycles. The second-order valence-corrected chi connectivity index (χ2v) is 7.94. The summed E-state index contributed by atoms with van der Waals surface area (Å²) in [6.07, 6.45) is 0. The Balaban J connectivity index is 2.08. The Kier molecular flexibility index (Phi) is 3.96. The minimum Gasteiger partial charge on any atom is -0.311 e. The van der Waals surface area contributed by atoms with Gasteiger partial charge in [0.05, 0.1) is 11.2 Å². The lowest BCUT2D eigenvalue weighted by atomic mass is 9.93. The van der Waals surface area contributed by atoms with E-state index in [1.54, 1.807) is 9.36 Å². The molecule has 28 heavy (non-hydrogen) atoms. The van der Waals surface area contributed by atoms with Gasteiger partial charge in [-0.1, -0.05) is 0 Å². The van der Waals surface area contributed by atoms with Gasteiger partial charge >= 0.3 is 0 Å². The summed E-state index contributed by atoms with van der Waals surface area (Å²) >= 11 is 0. The molecule has 0 N–H and O–H groups in total. The molecule has 4 rings (SSSR count). The van der Waals surface area contributed by atoms with Gasteiger partial charge in [-0.3, -0.25) is 4.79 Å². The van der Waals surface area contributed by atoms with Crippen LogP contribution < -0.4 is 5.56 Å². The maximum absolute atomic E-state index is 12.5. The maximum atomic E-state index is 12.5. The minimum absolute atomic E-state index is 0.0354. The van der Waals surface area contributed by atoms with E-state index in [1.807, 2.05) is 27.0 Å². The maximum Gasteiger partial charge on any atom is 0.253 e. The van der Waals surface area contributed by atoms with Crippen molar-refractivity contribution in [1.82, 2.24) is 19.6 Å². The minimum atomic E-state index is 0.0354. The third kappa shape index (κ3) is 2.35. The van der Waals surface area contributed by atoms with Crippen molar-refractivity contribution in [3.8, 4) is 5.69 Å². The summed E-state index contributed by atoms with van der Waals surface area (Å²) in [7, 11) is 1.81. The summed E-state index contributed by atoms with van der Waals surface area (Å²) < 4.78 is 1.70. The van der Waals surface area contributed by atoms with Gasteiger partial charge in [-0.15, -0.1) is 15.0 Å². The van der Waals surface area contributed by atoms with Crippen molar-refractivity contribution >= 4 is 21.9 Å². The first-order valence-corrected chi connectivity index (χ1v) is 9.57. The largest absolute Gasteiger partial charge is 0.311 e. The van der Waals surface area contributed by atoms with Crippen LogP contribution in [0.15, 0.2) is 16.9 Å². The molecule has 4 aromatic rings. The van der Waals surface area contributed by atoms with E-state index in [4.69, 9.17) is 10.2 Å². The van der Waals surface area contributed by atoms with Crippen molar-refractivity contribution in [2.45, 2.75) is 48.5 Å². The molecule has 144 valence electrons. The number of rotatable bonds is 1. The van der Waals surface area contributed by atoms with E-state index >= 15 is 0 Å². The van der Waals surface area contributed by atoms with Crippen molar-refractivity contribution in [3.05, 3.63) is 61.4 Å². The Labute approximate surface area is 164 Å². The van der Waals surface area contributed by atoms with Crippen LogP contribution in [-0.4, -0.2) is 19.6 Å². The number of pyridine rings is 1. The Hall–Kier alpha value is -2.95. The number of fused-ring (bicyclic) bond motifs is 2. The van der Waals surface area contributed by atoms with Gasteiger partial charge in [0.15, 0.2) is 0 Å². The summed E-state index contributed by atoms with van der Waals surface area (Å²) in [6, 6.07) is 4.02. The van der Waals surface area contributed by atoms with Gasteiger partial charge in [-0.05, 0) is 94.0 Å². The number of hydrogen-bond acceptors (Lipinski definition) is 3. The zero-order chi connectivity index (χ0) is 20.5. The third-order valence-corrected chi connectivity index (χ3v) is 6.61. The number of aryl methyl sites for hydroxylation is 2. The fraction of sp³-hybridized carbons (Fsp3) is 0.348. The van der Waals surface area contributed by atoms with E-state index in [-0.39, 0.29) is 5.56 Å². The molecule has 2 heterocycles. The first kappa shape index (κ1) is 18.4. The summed E-state index contributed by atoms with van der Waals surface area (Å²) in [4.78, 5) is 14.2. The van der Waals surface area contributed by atoms with E-state index in [1.165, 1.54) is 27.8 Å². The molecule has 0 atom stereocenters. The van der Waals surface area contributed by atoms with Gasteiger partial charge in [0.25, 0.3) is 5.56 Å². The lowest BCUT2D eigenvalue weighted by Crippen LogP contribution is -2.20. The molecular formula is C23H26N4O. The molecule has 0 saturated heterocycles. The third-order valence-electron chi connectivity index (χ3n) is 6.61. The predicted molar refractivity (Wildman–Crippen MR) is 115 cm³/mol.